The van der Waals surface area contributed by atoms with E-state index in [-0.39, 0.29) is 11.7 Å². The van der Waals surface area contributed by atoms with Gasteiger partial charge in [0, 0.05) is 28.6 Å². The number of rotatable bonds is 4. The molecule has 1 N–H and O–H groups in total. The number of nitrogens with one attached hydrogen (secondary N) is 1. The lowest BCUT2D eigenvalue weighted by Gasteiger charge is -2.10. The molecule has 1 amide bonds. The number of oxime groups is 1. The molecule has 0 saturated heterocycles. The second kappa shape index (κ2) is 7.28. The lowest BCUT2D eigenvalue weighted by atomic mass is 10.0. The van der Waals surface area contributed by atoms with Crippen LogP contribution in [0.25, 0.3) is 11.3 Å². The van der Waals surface area contributed by atoms with Gasteiger partial charge in [-0.25, -0.2) is 9.37 Å². The Hall–Kier alpha value is -3.06. The van der Waals surface area contributed by atoms with Crippen LogP contribution < -0.4 is 5.32 Å². The maximum absolute atomic E-state index is 13.3. The van der Waals surface area contributed by atoms with Crippen LogP contribution in [0.1, 0.15) is 17.0 Å². The van der Waals surface area contributed by atoms with Gasteiger partial charge >= 0.3 is 0 Å². The number of aryl methyl sites for hydroxylation is 1. The van der Waals surface area contributed by atoms with Gasteiger partial charge < -0.3 is 10.2 Å². The third-order valence-electron chi connectivity index (χ3n) is 4.19. The number of carbonyl (C=O) groups is 1. The van der Waals surface area contributed by atoms with Gasteiger partial charge in [-0.1, -0.05) is 29.4 Å². The summed E-state index contributed by atoms with van der Waals surface area (Å²) in [5.41, 5.74) is 3.75. The van der Waals surface area contributed by atoms with E-state index in [4.69, 9.17) is 4.84 Å². The number of carbonyl (C=O) groups excluding carboxylic acids is 1. The van der Waals surface area contributed by atoms with Crippen molar-refractivity contribution in [2.45, 2.75) is 19.4 Å². The van der Waals surface area contributed by atoms with Crippen LogP contribution in [-0.2, 0) is 9.63 Å². The molecule has 0 unspecified atom stereocenters. The van der Waals surface area contributed by atoms with Gasteiger partial charge in [-0.15, -0.1) is 11.3 Å². The topological polar surface area (TPSA) is 63.6 Å². The fourth-order valence-electron chi connectivity index (χ4n) is 2.80. The molecule has 0 saturated carbocycles. The highest BCUT2D eigenvalue weighted by molar-refractivity contribution is 7.09. The molecule has 5 nitrogen and oxygen atoms in total. The van der Waals surface area contributed by atoms with Gasteiger partial charge in [0.1, 0.15) is 5.82 Å². The molecule has 2 aromatic carbocycles. The van der Waals surface area contributed by atoms with Gasteiger partial charge in [0.2, 0.25) is 6.10 Å². The largest absolute Gasteiger partial charge is 0.382 e. The minimum atomic E-state index is -0.732. The Bertz CT molecular complexity index is 1010. The lowest BCUT2D eigenvalue weighted by molar-refractivity contribution is -0.125. The number of hydrogen-bond acceptors (Lipinski definition) is 5. The minimum absolute atomic E-state index is 0.289. The lowest BCUT2D eigenvalue weighted by Crippen LogP contribution is -2.28. The Labute approximate surface area is 159 Å². The number of hydrogen-bond donors (Lipinski definition) is 1. The van der Waals surface area contributed by atoms with Gasteiger partial charge in [0.15, 0.2) is 0 Å². The highest BCUT2D eigenvalue weighted by Gasteiger charge is 2.29. The van der Waals surface area contributed by atoms with Crippen LogP contribution in [0.15, 0.2) is 59.1 Å². The Balaban J connectivity index is 1.38. The van der Waals surface area contributed by atoms with Crippen molar-refractivity contribution in [2.24, 2.45) is 5.16 Å². The highest BCUT2D eigenvalue weighted by Crippen LogP contribution is 2.24. The number of thiazole rings is 1. The molecule has 136 valence electrons. The number of amides is 1. The van der Waals surface area contributed by atoms with Crippen molar-refractivity contribution in [1.82, 2.24) is 4.98 Å². The number of halogens is 1. The second-order valence-electron chi connectivity index (χ2n) is 6.16. The predicted octanol–water partition coefficient (Wildman–Crippen LogP) is 4.39. The summed E-state index contributed by atoms with van der Waals surface area (Å²) in [7, 11) is 0. The standard InChI is InChI=1S/C20H16FN3O2S/c1-12-22-18(11-27-12)13-5-7-16(8-6-13)23-20(25)19-10-17(24-26-19)14-3-2-4-15(21)9-14/h2-9,11,19H,10H2,1H3,(H,23,25)/t19-/m1/s1. The number of anilines is 1. The van der Waals surface area contributed by atoms with Crippen molar-refractivity contribution in [3.05, 3.63) is 70.3 Å². The van der Waals surface area contributed by atoms with Crippen molar-refractivity contribution >= 4 is 28.6 Å². The summed E-state index contributed by atoms with van der Waals surface area (Å²) in [6, 6.07) is 13.6. The van der Waals surface area contributed by atoms with Crippen LogP contribution in [0.4, 0.5) is 10.1 Å². The zero-order valence-electron chi connectivity index (χ0n) is 14.5. The monoisotopic (exact) mass is 381 g/mol. The quantitative estimate of drug-likeness (QED) is 0.729. The van der Waals surface area contributed by atoms with E-state index < -0.39 is 6.10 Å². The first-order valence-electron chi connectivity index (χ1n) is 8.40. The van der Waals surface area contributed by atoms with Crippen molar-refractivity contribution in [2.75, 3.05) is 5.32 Å². The molecular formula is C20H16FN3O2S. The number of nitrogens with zero attached hydrogens (tertiary/aromatic N) is 2. The van der Waals surface area contributed by atoms with Crippen molar-refractivity contribution in [1.29, 1.82) is 0 Å². The van der Waals surface area contributed by atoms with E-state index in [0.717, 1.165) is 16.3 Å². The van der Waals surface area contributed by atoms with Crippen LogP contribution >= 0.6 is 11.3 Å². The summed E-state index contributed by atoms with van der Waals surface area (Å²) in [5.74, 6) is -0.638. The van der Waals surface area contributed by atoms with E-state index in [1.165, 1.54) is 12.1 Å². The second-order valence-corrected chi connectivity index (χ2v) is 7.23. The molecule has 1 aliphatic heterocycles. The first kappa shape index (κ1) is 17.4. The van der Waals surface area contributed by atoms with E-state index >= 15 is 0 Å². The third-order valence-corrected chi connectivity index (χ3v) is 4.96. The van der Waals surface area contributed by atoms with Gasteiger partial charge in [0.25, 0.3) is 5.91 Å². The zero-order valence-corrected chi connectivity index (χ0v) is 15.3. The molecule has 0 radical (unpaired) electrons. The van der Waals surface area contributed by atoms with Gasteiger partial charge in [-0.3, -0.25) is 4.79 Å². The van der Waals surface area contributed by atoms with Crippen molar-refractivity contribution in [3.8, 4) is 11.3 Å². The van der Waals surface area contributed by atoms with Gasteiger partial charge in [-0.05, 0) is 31.2 Å². The van der Waals surface area contributed by atoms with E-state index in [0.29, 0.717) is 23.4 Å². The van der Waals surface area contributed by atoms with E-state index in [1.807, 2.05) is 36.6 Å². The molecule has 27 heavy (non-hydrogen) atoms. The fraction of sp³-hybridized carbons (Fsp3) is 0.150. The van der Waals surface area contributed by atoms with Crippen LogP contribution in [0.5, 0.6) is 0 Å². The van der Waals surface area contributed by atoms with Crippen molar-refractivity contribution < 1.29 is 14.0 Å². The molecule has 1 aromatic heterocycles. The average Bonchev–Trinajstić information content (AvgIpc) is 3.32. The summed E-state index contributed by atoms with van der Waals surface area (Å²) in [6.45, 7) is 1.96. The van der Waals surface area contributed by atoms with E-state index in [9.17, 15) is 9.18 Å². The van der Waals surface area contributed by atoms with Crippen LogP contribution in [0, 0.1) is 12.7 Å². The Kier molecular flexibility index (Phi) is 4.68. The van der Waals surface area contributed by atoms with Crippen LogP contribution in [0.3, 0.4) is 0 Å². The maximum atomic E-state index is 13.3. The first-order valence-corrected chi connectivity index (χ1v) is 9.28. The Morgan fingerprint density at radius 3 is 2.74 bits per heavy atom. The average molecular weight is 381 g/mol. The van der Waals surface area contributed by atoms with Crippen LogP contribution in [-0.4, -0.2) is 22.7 Å². The molecule has 7 heteroatoms. The Morgan fingerprint density at radius 2 is 2.04 bits per heavy atom. The third kappa shape index (κ3) is 3.88. The molecule has 0 spiro atoms. The smallest absolute Gasteiger partial charge is 0.268 e. The van der Waals surface area contributed by atoms with Gasteiger partial charge in [-0.2, -0.15) is 0 Å². The summed E-state index contributed by atoms with van der Waals surface area (Å²) in [6.07, 6.45) is -0.435. The maximum Gasteiger partial charge on any atom is 0.268 e. The molecule has 2 heterocycles. The molecule has 0 aliphatic carbocycles. The summed E-state index contributed by atoms with van der Waals surface area (Å²) < 4.78 is 13.3. The normalized spacial score (nSPS) is 15.9. The fourth-order valence-corrected chi connectivity index (χ4v) is 3.42. The molecule has 0 fully saturated rings. The predicted molar refractivity (Wildman–Crippen MR) is 103 cm³/mol. The van der Waals surface area contributed by atoms with Crippen molar-refractivity contribution in [3.63, 3.8) is 0 Å². The first-order chi connectivity index (χ1) is 13.1. The zero-order chi connectivity index (χ0) is 18.8. The molecule has 0 bridgehead atoms. The van der Waals surface area contributed by atoms with Gasteiger partial charge in [0.05, 0.1) is 16.4 Å². The number of aromatic nitrogens is 1. The summed E-state index contributed by atoms with van der Waals surface area (Å²) in [5, 5.41) is 9.76. The number of benzene rings is 2. The molecule has 1 atom stereocenters. The molecule has 4 rings (SSSR count). The summed E-state index contributed by atoms with van der Waals surface area (Å²) in [4.78, 5) is 22.1. The van der Waals surface area contributed by atoms with E-state index in [1.54, 1.807) is 23.5 Å². The molecular weight excluding hydrogens is 365 g/mol. The Morgan fingerprint density at radius 1 is 1.22 bits per heavy atom. The minimum Gasteiger partial charge on any atom is -0.382 e. The SMILES string of the molecule is Cc1nc(-c2ccc(NC(=O)[C@H]3CC(c4cccc(F)c4)=NO3)cc2)cs1. The summed E-state index contributed by atoms with van der Waals surface area (Å²) >= 11 is 1.60. The molecule has 3 aromatic rings. The highest BCUT2D eigenvalue weighted by atomic mass is 32.1. The molecule has 1 aliphatic rings. The van der Waals surface area contributed by atoms with Crippen LogP contribution in [0.2, 0.25) is 0 Å². The van der Waals surface area contributed by atoms with E-state index in [2.05, 4.69) is 15.5 Å².